The first kappa shape index (κ1) is 18.8. The number of ketones is 1. The third-order valence-corrected chi connectivity index (χ3v) is 4.71. The van der Waals surface area contributed by atoms with Crippen molar-refractivity contribution in [3.8, 4) is 0 Å². The number of Topliss-reactive ketones (excluding diaryl/α,β-unsaturated/α-hetero) is 1. The molecule has 0 bridgehead atoms. The number of hydrogen-bond donors (Lipinski definition) is 0. The average Bonchev–Trinajstić information content (AvgIpc) is 3.12. The Bertz CT molecular complexity index is 729. The zero-order valence-corrected chi connectivity index (χ0v) is 15.0. The Morgan fingerprint density at radius 2 is 1.33 bits per heavy atom. The second kappa shape index (κ2) is 9.12. The molecule has 1 aliphatic carbocycles. The number of hydrogen-bond acceptors (Lipinski definition) is 5. The maximum Gasteiger partial charge on any atom is 0.320 e. The van der Waals surface area contributed by atoms with Crippen molar-refractivity contribution in [1.29, 1.82) is 0 Å². The quantitative estimate of drug-likeness (QED) is 0.554. The highest BCUT2D eigenvalue weighted by Gasteiger charge is 2.41. The molecule has 140 valence electrons. The summed E-state index contributed by atoms with van der Waals surface area (Å²) in [5.41, 5.74) is 1.68. The molecule has 5 heteroatoms. The summed E-state index contributed by atoms with van der Waals surface area (Å²) in [6, 6.07) is 18.5. The number of ether oxygens (including phenoxy) is 2. The van der Waals surface area contributed by atoms with Gasteiger partial charge in [0.25, 0.3) is 0 Å². The van der Waals surface area contributed by atoms with E-state index in [1.54, 1.807) is 0 Å². The van der Waals surface area contributed by atoms with Crippen molar-refractivity contribution in [2.75, 3.05) is 0 Å². The van der Waals surface area contributed by atoms with E-state index in [-0.39, 0.29) is 31.3 Å². The van der Waals surface area contributed by atoms with E-state index in [4.69, 9.17) is 9.47 Å². The van der Waals surface area contributed by atoms with E-state index in [9.17, 15) is 14.4 Å². The van der Waals surface area contributed by atoms with Crippen LogP contribution < -0.4 is 0 Å². The van der Waals surface area contributed by atoms with Crippen LogP contribution in [0.25, 0.3) is 0 Å². The predicted octanol–water partition coefficient (Wildman–Crippen LogP) is 3.46. The predicted molar refractivity (Wildman–Crippen MR) is 98.3 cm³/mol. The SMILES string of the molecule is O=C1CCC(C(C(=O)OCc2ccccc2)C(=O)OCc2ccccc2)C1. The van der Waals surface area contributed by atoms with Crippen LogP contribution in [-0.4, -0.2) is 17.7 Å². The Kier molecular flexibility index (Phi) is 6.36. The van der Waals surface area contributed by atoms with Crippen molar-refractivity contribution >= 4 is 17.7 Å². The second-order valence-corrected chi connectivity index (χ2v) is 6.71. The van der Waals surface area contributed by atoms with Crippen LogP contribution in [0.2, 0.25) is 0 Å². The Labute approximate surface area is 158 Å². The Hall–Kier alpha value is -2.95. The molecule has 0 radical (unpaired) electrons. The molecule has 1 saturated carbocycles. The van der Waals surface area contributed by atoms with Gasteiger partial charge in [-0.25, -0.2) is 0 Å². The van der Waals surface area contributed by atoms with Crippen LogP contribution in [0.1, 0.15) is 30.4 Å². The molecule has 5 nitrogen and oxygen atoms in total. The fourth-order valence-corrected chi connectivity index (χ4v) is 3.25. The number of carbonyl (C=O) groups excluding carboxylic acids is 3. The summed E-state index contributed by atoms with van der Waals surface area (Å²) in [5.74, 6) is -2.61. The lowest BCUT2D eigenvalue weighted by atomic mass is 9.91. The zero-order chi connectivity index (χ0) is 19.1. The second-order valence-electron chi connectivity index (χ2n) is 6.71. The molecule has 1 fully saturated rings. The van der Waals surface area contributed by atoms with Crippen LogP contribution in [0.4, 0.5) is 0 Å². The van der Waals surface area contributed by atoms with Gasteiger partial charge < -0.3 is 9.47 Å². The third-order valence-electron chi connectivity index (χ3n) is 4.71. The number of esters is 2. The molecule has 0 heterocycles. The minimum Gasteiger partial charge on any atom is -0.460 e. The van der Waals surface area contributed by atoms with E-state index < -0.39 is 17.9 Å². The first-order chi connectivity index (χ1) is 13.1. The molecule has 0 aliphatic heterocycles. The van der Waals surface area contributed by atoms with Crippen LogP contribution in [0.3, 0.4) is 0 Å². The summed E-state index contributed by atoms with van der Waals surface area (Å²) in [4.78, 5) is 36.9. The minimum absolute atomic E-state index is 0.0664. The van der Waals surface area contributed by atoms with Crippen LogP contribution >= 0.6 is 0 Å². The molecule has 1 unspecified atom stereocenters. The van der Waals surface area contributed by atoms with Gasteiger partial charge in [-0.05, 0) is 23.5 Å². The molecular formula is C22H22O5. The van der Waals surface area contributed by atoms with Crippen molar-refractivity contribution in [3.63, 3.8) is 0 Å². The molecule has 1 aliphatic rings. The lowest BCUT2D eigenvalue weighted by Crippen LogP contribution is -2.33. The van der Waals surface area contributed by atoms with Crippen molar-refractivity contribution in [2.45, 2.75) is 32.5 Å². The number of benzene rings is 2. The van der Waals surface area contributed by atoms with E-state index in [2.05, 4.69) is 0 Å². The van der Waals surface area contributed by atoms with Gasteiger partial charge in [0, 0.05) is 12.8 Å². The van der Waals surface area contributed by atoms with Crippen molar-refractivity contribution < 1.29 is 23.9 Å². The van der Waals surface area contributed by atoms with Gasteiger partial charge in [-0.3, -0.25) is 14.4 Å². The first-order valence-corrected chi connectivity index (χ1v) is 9.06. The van der Waals surface area contributed by atoms with Gasteiger partial charge in [-0.2, -0.15) is 0 Å². The van der Waals surface area contributed by atoms with Crippen LogP contribution in [0, 0.1) is 11.8 Å². The highest BCUT2D eigenvalue weighted by molar-refractivity contribution is 5.96. The van der Waals surface area contributed by atoms with Gasteiger partial charge in [-0.15, -0.1) is 0 Å². The van der Waals surface area contributed by atoms with Gasteiger partial charge in [0.1, 0.15) is 19.0 Å². The first-order valence-electron chi connectivity index (χ1n) is 9.06. The zero-order valence-electron chi connectivity index (χ0n) is 15.0. The molecule has 0 spiro atoms. The lowest BCUT2D eigenvalue weighted by Gasteiger charge is -2.20. The normalized spacial score (nSPS) is 16.3. The molecule has 0 N–H and O–H groups in total. The topological polar surface area (TPSA) is 69.7 Å². The van der Waals surface area contributed by atoms with Crippen LogP contribution in [0.15, 0.2) is 60.7 Å². The van der Waals surface area contributed by atoms with E-state index in [0.29, 0.717) is 12.8 Å². The Balaban J connectivity index is 1.65. The largest absolute Gasteiger partial charge is 0.460 e. The summed E-state index contributed by atoms with van der Waals surface area (Å²) in [6.07, 6.45) is 1.11. The van der Waals surface area contributed by atoms with Crippen molar-refractivity contribution in [3.05, 3.63) is 71.8 Å². The average molecular weight is 366 g/mol. The molecule has 2 aromatic rings. The standard InChI is InChI=1S/C22H22O5/c23-19-12-11-18(13-19)20(21(24)26-14-16-7-3-1-4-8-16)22(25)27-15-17-9-5-2-6-10-17/h1-10,18,20H,11-15H2. The fourth-order valence-electron chi connectivity index (χ4n) is 3.25. The molecule has 0 amide bonds. The Morgan fingerprint density at radius 1 is 0.852 bits per heavy atom. The van der Waals surface area contributed by atoms with E-state index in [0.717, 1.165) is 11.1 Å². The molecule has 3 rings (SSSR count). The molecule has 0 saturated heterocycles. The summed E-state index contributed by atoms with van der Waals surface area (Å²) in [5, 5.41) is 0. The summed E-state index contributed by atoms with van der Waals surface area (Å²) in [6.45, 7) is 0.172. The maximum absolute atomic E-state index is 12.6. The minimum atomic E-state index is -1.07. The summed E-state index contributed by atoms with van der Waals surface area (Å²) in [7, 11) is 0. The van der Waals surface area contributed by atoms with Crippen molar-refractivity contribution in [2.24, 2.45) is 11.8 Å². The highest BCUT2D eigenvalue weighted by Crippen LogP contribution is 2.31. The highest BCUT2D eigenvalue weighted by atomic mass is 16.6. The molecule has 0 aromatic heterocycles. The van der Waals surface area contributed by atoms with Crippen LogP contribution in [0.5, 0.6) is 0 Å². The molecule has 1 atom stereocenters. The monoisotopic (exact) mass is 366 g/mol. The van der Waals surface area contributed by atoms with Crippen LogP contribution in [-0.2, 0) is 37.1 Å². The van der Waals surface area contributed by atoms with Gasteiger partial charge in [0.2, 0.25) is 0 Å². The van der Waals surface area contributed by atoms with Gasteiger partial charge in [0.05, 0.1) is 0 Å². The number of carbonyl (C=O) groups is 3. The Morgan fingerprint density at radius 3 is 1.74 bits per heavy atom. The third kappa shape index (κ3) is 5.26. The van der Waals surface area contributed by atoms with Gasteiger partial charge in [-0.1, -0.05) is 60.7 Å². The number of rotatable bonds is 7. The molecular weight excluding hydrogens is 344 g/mol. The summed E-state index contributed by atoms with van der Waals surface area (Å²) >= 11 is 0. The van der Waals surface area contributed by atoms with E-state index >= 15 is 0 Å². The molecule has 2 aromatic carbocycles. The fraction of sp³-hybridized carbons (Fsp3) is 0.318. The van der Waals surface area contributed by atoms with Gasteiger partial charge in [0.15, 0.2) is 5.92 Å². The van der Waals surface area contributed by atoms with Crippen molar-refractivity contribution in [1.82, 2.24) is 0 Å². The summed E-state index contributed by atoms with van der Waals surface area (Å²) < 4.78 is 10.7. The smallest absolute Gasteiger partial charge is 0.320 e. The van der Waals surface area contributed by atoms with E-state index in [1.807, 2.05) is 60.7 Å². The molecule has 27 heavy (non-hydrogen) atoms. The lowest BCUT2D eigenvalue weighted by molar-refractivity contribution is -0.166. The maximum atomic E-state index is 12.6. The van der Waals surface area contributed by atoms with Gasteiger partial charge >= 0.3 is 11.9 Å². The van der Waals surface area contributed by atoms with E-state index in [1.165, 1.54) is 0 Å².